The molecular formula is C29H52N4O10. The largest absolute Gasteiger partial charge is 0.379 e. The molecule has 43 heavy (non-hydrogen) atoms. The quantitative estimate of drug-likeness (QED) is 0.121. The zero-order valence-corrected chi connectivity index (χ0v) is 25.8. The second-order valence-electron chi connectivity index (χ2n) is 10.8. The van der Waals surface area contributed by atoms with E-state index in [1.54, 1.807) is 11.6 Å². The lowest BCUT2D eigenvalue weighted by atomic mass is 9.63. The lowest BCUT2D eigenvalue weighted by Gasteiger charge is -2.54. The molecule has 248 valence electrons. The molecule has 0 radical (unpaired) electrons. The van der Waals surface area contributed by atoms with Crippen LogP contribution in [0.3, 0.4) is 0 Å². The van der Waals surface area contributed by atoms with E-state index in [2.05, 4.69) is 15.6 Å². The van der Waals surface area contributed by atoms with E-state index in [0.717, 1.165) is 18.8 Å². The summed E-state index contributed by atoms with van der Waals surface area (Å²) in [4.78, 5) is 10.8. The summed E-state index contributed by atoms with van der Waals surface area (Å²) in [6, 6.07) is 0. The number of Topliss-reactive ketones (excluding diaryl/α,β-unsaturated/α-hetero) is 1. The monoisotopic (exact) mass is 616 g/mol. The molecule has 0 atom stereocenters. The van der Waals surface area contributed by atoms with Crippen LogP contribution in [-0.2, 0) is 60.6 Å². The third kappa shape index (κ3) is 16.9. The van der Waals surface area contributed by atoms with Gasteiger partial charge in [-0.1, -0.05) is 5.21 Å². The van der Waals surface area contributed by atoms with Gasteiger partial charge in [0.05, 0.1) is 131 Å². The first-order valence-corrected chi connectivity index (χ1v) is 15.5. The second kappa shape index (κ2) is 22.8. The fraction of sp³-hybridized carbons (Fsp3) is 0.897. The summed E-state index contributed by atoms with van der Waals surface area (Å²) >= 11 is 0. The van der Waals surface area contributed by atoms with Crippen LogP contribution in [0.25, 0.3) is 0 Å². The van der Waals surface area contributed by atoms with E-state index in [4.69, 9.17) is 42.6 Å². The van der Waals surface area contributed by atoms with Crippen molar-refractivity contribution in [1.82, 2.24) is 20.3 Å². The van der Waals surface area contributed by atoms with Crippen LogP contribution in [0, 0.1) is 5.41 Å². The maximum atomic E-state index is 10.8. The smallest absolute Gasteiger partial charge is 0.132 e. The van der Waals surface area contributed by atoms with Gasteiger partial charge in [-0.2, -0.15) is 0 Å². The molecule has 0 bridgehead atoms. The van der Waals surface area contributed by atoms with Gasteiger partial charge in [0, 0.05) is 24.9 Å². The number of carbonyl (C=O) groups is 1. The Hall–Kier alpha value is -1.59. The first kappa shape index (κ1) is 35.9. The lowest BCUT2D eigenvalue weighted by molar-refractivity contribution is -0.118. The summed E-state index contributed by atoms with van der Waals surface area (Å²) < 4.78 is 51.5. The summed E-state index contributed by atoms with van der Waals surface area (Å²) in [6.45, 7) is 13.1. The van der Waals surface area contributed by atoms with E-state index in [-0.39, 0.29) is 5.78 Å². The van der Waals surface area contributed by atoms with Gasteiger partial charge in [0.15, 0.2) is 0 Å². The molecule has 2 heterocycles. The summed E-state index contributed by atoms with van der Waals surface area (Å²) in [5.74, 6) is 0.126. The van der Waals surface area contributed by atoms with Crippen LogP contribution < -0.4 is 5.32 Å². The van der Waals surface area contributed by atoms with E-state index in [9.17, 15) is 4.79 Å². The molecule has 3 rings (SSSR count). The molecule has 0 amide bonds. The maximum absolute atomic E-state index is 10.8. The molecule has 1 aromatic heterocycles. The third-order valence-corrected chi connectivity index (χ3v) is 7.03. The highest BCUT2D eigenvalue weighted by molar-refractivity contribution is 5.75. The van der Waals surface area contributed by atoms with Crippen LogP contribution in [0.1, 0.15) is 31.9 Å². The number of carbonyl (C=O) groups excluding carboxylic acids is 1. The van der Waals surface area contributed by atoms with Crippen LogP contribution in [-0.4, -0.2) is 146 Å². The molecule has 1 aromatic rings. The van der Waals surface area contributed by atoms with E-state index < -0.39 is 0 Å². The molecule has 14 nitrogen and oxygen atoms in total. The predicted octanol–water partition coefficient (Wildman–Crippen LogP) is 0.659. The number of nitrogens with one attached hydrogen (secondary N) is 1. The Bertz CT molecular complexity index is 834. The number of aromatic nitrogens is 3. The summed E-state index contributed by atoms with van der Waals surface area (Å²) in [6.07, 6.45) is 5.08. The van der Waals surface area contributed by atoms with Crippen LogP contribution in [0.15, 0.2) is 6.20 Å². The van der Waals surface area contributed by atoms with Gasteiger partial charge in [0.2, 0.25) is 0 Å². The standard InChI is InChI=1S/C29H52N4O10/c1-26(34)2-4-35-6-8-37-10-11-38-9-7-36-5-3-33-22-27(31-32-33)23-42-17-16-40-13-12-39-14-15-41-18-19-43-28-20-29(21-28)24-30-25-29/h22,28,30H,2-21,23-25H2,1H3. The zero-order chi connectivity index (χ0) is 30.3. The Labute approximate surface area is 255 Å². The lowest BCUT2D eigenvalue weighted by Crippen LogP contribution is -2.62. The van der Waals surface area contributed by atoms with Crippen molar-refractivity contribution < 1.29 is 47.4 Å². The highest BCUT2D eigenvalue weighted by Crippen LogP contribution is 2.45. The minimum atomic E-state index is 0.126. The highest BCUT2D eigenvalue weighted by atomic mass is 16.6. The predicted molar refractivity (Wildman–Crippen MR) is 155 cm³/mol. The summed E-state index contributed by atoms with van der Waals surface area (Å²) in [7, 11) is 0. The first-order valence-electron chi connectivity index (χ1n) is 15.5. The first-order chi connectivity index (χ1) is 21.2. The van der Waals surface area contributed by atoms with Crippen LogP contribution in [0.5, 0.6) is 0 Å². The Balaban J connectivity index is 0.978. The van der Waals surface area contributed by atoms with Crippen molar-refractivity contribution >= 4 is 5.78 Å². The van der Waals surface area contributed by atoms with E-state index >= 15 is 0 Å². The minimum Gasteiger partial charge on any atom is -0.379 e. The molecular weight excluding hydrogens is 564 g/mol. The molecule has 1 saturated heterocycles. The van der Waals surface area contributed by atoms with E-state index in [0.29, 0.717) is 137 Å². The third-order valence-electron chi connectivity index (χ3n) is 7.03. The number of nitrogens with zero attached hydrogens (tertiary/aromatic N) is 3. The SMILES string of the molecule is CC(=O)CCOCCOCCOCCOCCn1cc(COCCOCCOCCOCCOC2CC3(CNC3)C2)nn1. The van der Waals surface area contributed by atoms with E-state index in [1.807, 2.05) is 6.20 Å². The van der Waals surface area contributed by atoms with Gasteiger partial charge in [-0.3, -0.25) is 4.79 Å². The number of ketones is 1. The van der Waals surface area contributed by atoms with Crippen molar-refractivity contribution in [3.05, 3.63) is 11.9 Å². The van der Waals surface area contributed by atoms with Gasteiger partial charge >= 0.3 is 0 Å². The average Bonchev–Trinajstić information content (AvgIpc) is 3.40. The molecule has 1 aliphatic carbocycles. The average molecular weight is 617 g/mol. The molecule has 0 aromatic carbocycles. The van der Waals surface area contributed by atoms with Crippen molar-refractivity contribution in [1.29, 1.82) is 0 Å². The van der Waals surface area contributed by atoms with Crippen molar-refractivity contribution in [2.45, 2.75) is 45.4 Å². The number of hydrogen-bond donors (Lipinski definition) is 1. The van der Waals surface area contributed by atoms with Crippen molar-refractivity contribution in [3.8, 4) is 0 Å². The molecule has 2 fully saturated rings. The highest BCUT2D eigenvalue weighted by Gasteiger charge is 2.48. The Morgan fingerprint density at radius 2 is 1.23 bits per heavy atom. The van der Waals surface area contributed by atoms with Crippen LogP contribution >= 0.6 is 0 Å². The fourth-order valence-electron chi connectivity index (χ4n) is 4.55. The molecule has 0 unspecified atom stereocenters. The van der Waals surface area contributed by atoms with Gasteiger partial charge in [-0.05, 0) is 19.8 Å². The van der Waals surface area contributed by atoms with Gasteiger partial charge in [0.1, 0.15) is 11.5 Å². The minimum absolute atomic E-state index is 0.126. The number of hydrogen-bond acceptors (Lipinski definition) is 13. The van der Waals surface area contributed by atoms with Crippen LogP contribution in [0.2, 0.25) is 0 Å². The molecule has 14 heteroatoms. The molecule has 2 aliphatic rings. The summed E-state index contributed by atoms with van der Waals surface area (Å²) in [5, 5.41) is 11.5. The van der Waals surface area contributed by atoms with Crippen molar-refractivity contribution in [2.24, 2.45) is 5.41 Å². The summed E-state index contributed by atoms with van der Waals surface area (Å²) in [5.41, 5.74) is 1.31. The topological polar surface area (TPSA) is 143 Å². The van der Waals surface area contributed by atoms with Gasteiger partial charge in [-0.25, -0.2) is 4.68 Å². The Kier molecular flexibility index (Phi) is 19.1. The molecule has 1 spiro atoms. The van der Waals surface area contributed by atoms with Crippen molar-refractivity contribution in [3.63, 3.8) is 0 Å². The zero-order valence-electron chi connectivity index (χ0n) is 25.8. The maximum Gasteiger partial charge on any atom is 0.132 e. The van der Waals surface area contributed by atoms with Gasteiger partial charge in [-0.15, -0.1) is 5.10 Å². The fourth-order valence-corrected chi connectivity index (χ4v) is 4.55. The number of ether oxygens (including phenoxy) is 9. The van der Waals surface area contributed by atoms with Gasteiger partial charge in [0.25, 0.3) is 0 Å². The Morgan fingerprint density at radius 1 is 0.744 bits per heavy atom. The number of rotatable bonds is 30. The normalized spacial score (nSPS) is 16.0. The second-order valence-corrected chi connectivity index (χ2v) is 10.8. The van der Waals surface area contributed by atoms with Crippen molar-refractivity contribution in [2.75, 3.05) is 119 Å². The van der Waals surface area contributed by atoms with Gasteiger partial charge < -0.3 is 47.9 Å². The Morgan fingerprint density at radius 3 is 1.74 bits per heavy atom. The van der Waals surface area contributed by atoms with E-state index in [1.165, 1.54) is 12.8 Å². The molecule has 1 aliphatic heterocycles. The molecule has 1 saturated carbocycles. The molecule has 1 N–H and O–H groups in total. The van der Waals surface area contributed by atoms with Crippen LogP contribution in [0.4, 0.5) is 0 Å².